The lowest BCUT2D eigenvalue weighted by Gasteiger charge is -2.25. The van der Waals surface area contributed by atoms with Crippen molar-refractivity contribution in [3.8, 4) is 11.5 Å². The molecule has 1 aromatic carbocycles. The molecule has 2 aliphatic heterocycles. The molecular weight excluding hydrogens is 326 g/mol. The summed E-state index contributed by atoms with van der Waals surface area (Å²) in [5.74, 6) is 1.29. The summed E-state index contributed by atoms with van der Waals surface area (Å²) in [5, 5.41) is 6.54. The number of carbonyl (C=O) groups excluding carboxylic acids is 2. The van der Waals surface area contributed by atoms with Crippen LogP contribution in [0.2, 0.25) is 0 Å². The molecule has 0 spiro atoms. The molecule has 8 heteroatoms. The number of benzene rings is 1. The average Bonchev–Trinajstić information content (AvgIpc) is 3.11. The van der Waals surface area contributed by atoms with E-state index in [0.29, 0.717) is 41.7 Å². The van der Waals surface area contributed by atoms with Crippen LogP contribution in [0, 0.1) is 6.92 Å². The highest BCUT2D eigenvalue weighted by atomic mass is 16.6. The number of carbonyl (C=O) groups is 2. The maximum atomic E-state index is 12.9. The Hall–Kier alpha value is -3.03. The van der Waals surface area contributed by atoms with Crippen molar-refractivity contribution in [3.05, 3.63) is 41.3 Å². The molecule has 1 N–H and O–H groups in total. The molecule has 3 amide bonds. The first-order valence-corrected chi connectivity index (χ1v) is 7.94. The molecule has 3 heterocycles. The number of urea groups is 1. The van der Waals surface area contributed by atoms with Crippen LogP contribution in [0.4, 0.5) is 4.79 Å². The topological polar surface area (TPSA) is 93.9 Å². The van der Waals surface area contributed by atoms with Crippen LogP contribution in [-0.2, 0) is 16.9 Å². The van der Waals surface area contributed by atoms with Gasteiger partial charge < -0.3 is 19.3 Å². The standard InChI is InChI=1S/C17H17N3O5/c1-10-7-12(25-19-10)9-20-15(21)17(2,18-16(20)22)11-3-4-13-14(8-11)24-6-5-23-13/h3-4,7-8H,5-6,9H2,1-2H3,(H,18,22). The van der Waals surface area contributed by atoms with Crippen LogP contribution >= 0.6 is 0 Å². The second kappa shape index (κ2) is 5.51. The summed E-state index contributed by atoms with van der Waals surface area (Å²) >= 11 is 0. The van der Waals surface area contributed by atoms with Crippen LogP contribution in [0.25, 0.3) is 0 Å². The summed E-state index contributed by atoms with van der Waals surface area (Å²) in [5.41, 5.74) is 0.144. The minimum absolute atomic E-state index is 0.0334. The number of nitrogens with one attached hydrogen (secondary N) is 1. The second-order valence-corrected chi connectivity index (χ2v) is 6.24. The van der Waals surface area contributed by atoms with Crippen LogP contribution in [0.3, 0.4) is 0 Å². The van der Waals surface area contributed by atoms with Gasteiger partial charge in [-0.05, 0) is 31.5 Å². The zero-order chi connectivity index (χ0) is 17.6. The van der Waals surface area contributed by atoms with Gasteiger partial charge in [0.2, 0.25) is 0 Å². The molecule has 4 rings (SSSR count). The Balaban J connectivity index is 1.63. The fourth-order valence-electron chi connectivity index (χ4n) is 3.04. The third-order valence-corrected chi connectivity index (χ3v) is 4.39. The number of ether oxygens (including phenoxy) is 2. The fourth-order valence-corrected chi connectivity index (χ4v) is 3.04. The van der Waals surface area contributed by atoms with Gasteiger partial charge in [0.05, 0.1) is 12.2 Å². The zero-order valence-corrected chi connectivity index (χ0v) is 13.9. The Morgan fingerprint density at radius 2 is 1.96 bits per heavy atom. The zero-order valence-electron chi connectivity index (χ0n) is 13.9. The van der Waals surface area contributed by atoms with Gasteiger partial charge in [-0.3, -0.25) is 9.69 Å². The molecule has 0 aliphatic carbocycles. The highest BCUT2D eigenvalue weighted by Gasteiger charge is 2.49. The number of fused-ring (bicyclic) bond motifs is 1. The first-order valence-electron chi connectivity index (χ1n) is 7.94. The normalized spacial score (nSPS) is 22.2. The molecule has 0 bridgehead atoms. The smallest absolute Gasteiger partial charge is 0.325 e. The number of aryl methyl sites for hydroxylation is 1. The summed E-state index contributed by atoms with van der Waals surface area (Å²) in [6.45, 7) is 4.42. The van der Waals surface area contributed by atoms with E-state index in [1.54, 1.807) is 38.1 Å². The van der Waals surface area contributed by atoms with E-state index in [0.717, 1.165) is 4.90 Å². The SMILES string of the molecule is Cc1cc(CN2C(=O)NC(C)(c3ccc4c(c3)OCCO4)C2=O)on1. The lowest BCUT2D eigenvalue weighted by atomic mass is 9.91. The number of rotatable bonds is 3. The Morgan fingerprint density at radius 1 is 1.20 bits per heavy atom. The first kappa shape index (κ1) is 15.5. The Kier molecular flexibility index (Phi) is 3.41. The molecule has 0 radical (unpaired) electrons. The summed E-state index contributed by atoms with van der Waals surface area (Å²) in [6, 6.07) is 6.45. The molecule has 8 nitrogen and oxygen atoms in total. The van der Waals surface area contributed by atoms with E-state index < -0.39 is 11.6 Å². The number of imide groups is 1. The van der Waals surface area contributed by atoms with Gasteiger partial charge in [0.15, 0.2) is 17.3 Å². The predicted molar refractivity (Wildman–Crippen MR) is 85.1 cm³/mol. The molecule has 1 saturated heterocycles. The van der Waals surface area contributed by atoms with Crippen LogP contribution < -0.4 is 14.8 Å². The van der Waals surface area contributed by atoms with Crippen molar-refractivity contribution in [2.75, 3.05) is 13.2 Å². The number of nitrogens with zero attached hydrogens (tertiary/aromatic N) is 2. The van der Waals surface area contributed by atoms with Crippen LogP contribution in [0.15, 0.2) is 28.8 Å². The third-order valence-electron chi connectivity index (χ3n) is 4.39. The van der Waals surface area contributed by atoms with Crippen molar-refractivity contribution in [1.29, 1.82) is 0 Å². The van der Waals surface area contributed by atoms with E-state index in [2.05, 4.69) is 10.5 Å². The molecule has 1 fully saturated rings. The molecular formula is C17H17N3O5. The van der Waals surface area contributed by atoms with E-state index in [1.165, 1.54) is 0 Å². The number of hydrogen-bond donors (Lipinski definition) is 1. The molecule has 130 valence electrons. The van der Waals surface area contributed by atoms with Crippen molar-refractivity contribution < 1.29 is 23.6 Å². The monoisotopic (exact) mass is 343 g/mol. The van der Waals surface area contributed by atoms with E-state index in [9.17, 15) is 9.59 Å². The van der Waals surface area contributed by atoms with Gasteiger partial charge in [-0.15, -0.1) is 0 Å². The van der Waals surface area contributed by atoms with Crippen LogP contribution in [0.5, 0.6) is 11.5 Å². The van der Waals surface area contributed by atoms with E-state index in [4.69, 9.17) is 14.0 Å². The maximum absolute atomic E-state index is 12.9. The Labute approximate surface area is 143 Å². The lowest BCUT2D eigenvalue weighted by molar-refractivity contribution is -0.131. The van der Waals surface area contributed by atoms with E-state index >= 15 is 0 Å². The van der Waals surface area contributed by atoms with Gasteiger partial charge in [-0.1, -0.05) is 11.2 Å². The largest absolute Gasteiger partial charge is 0.486 e. The summed E-state index contributed by atoms with van der Waals surface area (Å²) in [7, 11) is 0. The van der Waals surface area contributed by atoms with Crippen LogP contribution in [-0.4, -0.2) is 35.2 Å². The van der Waals surface area contributed by atoms with Crippen molar-refractivity contribution in [1.82, 2.24) is 15.4 Å². The van der Waals surface area contributed by atoms with Gasteiger partial charge in [0, 0.05) is 6.07 Å². The van der Waals surface area contributed by atoms with Gasteiger partial charge in [-0.25, -0.2) is 4.79 Å². The minimum atomic E-state index is -1.18. The quantitative estimate of drug-likeness (QED) is 0.853. The molecule has 1 aromatic heterocycles. The summed E-state index contributed by atoms with van der Waals surface area (Å²) in [4.78, 5) is 26.4. The molecule has 2 aliphatic rings. The van der Waals surface area contributed by atoms with Crippen molar-refractivity contribution >= 4 is 11.9 Å². The van der Waals surface area contributed by atoms with Crippen molar-refractivity contribution in [2.45, 2.75) is 25.9 Å². The second-order valence-electron chi connectivity index (χ2n) is 6.24. The van der Waals surface area contributed by atoms with E-state index in [-0.39, 0.29) is 12.5 Å². The van der Waals surface area contributed by atoms with Crippen LogP contribution in [0.1, 0.15) is 23.9 Å². The number of amides is 3. The molecule has 0 saturated carbocycles. The fraction of sp³-hybridized carbons (Fsp3) is 0.353. The van der Waals surface area contributed by atoms with Gasteiger partial charge in [-0.2, -0.15) is 0 Å². The van der Waals surface area contributed by atoms with Gasteiger partial charge in [0.1, 0.15) is 18.8 Å². The molecule has 2 aromatic rings. The first-order chi connectivity index (χ1) is 12.0. The van der Waals surface area contributed by atoms with Gasteiger partial charge >= 0.3 is 6.03 Å². The minimum Gasteiger partial charge on any atom is -0.486 e. The molecule has 1 atom stereocenters. The van der Waals surface area contributed by atoms with Crippen molar-refractivity contribution in [3.63, 3.8) is 0 Å². The highest BCUT2D eigenvalue weighted by molar-refractivity contribution is 6.07. The number of aromatic nitrogens is 1. The average molecular weight is 343 g/mol. The lowest BCUT2D eigenvalue weighted by Crippen LogP contribution is -2.40. The predicted octanol–water partition coefficient (Wildman–Crippen LogP) is 1.72. The Morgan fingerprint density at radius 3 is 2.68 bits per heavy atom. The summed E-state index contributed by atoms with van der Waals surface area (Å²) < 4.78 is 16.2. The molecule has 25 heavy (non-hydrogen) atoms. The number of hydrogen-bond acceptors (Lipinski definition) is 6. The summed E-state index contributed by atoms with van der Waals surface area (Å²) in [6.07, 6.45) is 0. The third kappa shape index (κ3) is 2.50. The van der Waals surface area contributed by atoms with E-state index in [1.807, 2.05) is 0 Å². The highest BCUT2D eigenvalue weighted by Crippen LogP contribution is 2.37. The maximum Gasteiger partial charge on any atom is 0.325 e. The Bertz CT molecular complexity index is 862. The van der Waals surface area contributed by atoms with Crippen molar-refractivity contribution in [2.24, 2.45) is 0 Å². The van der Waals surface area contributed by atoms with Gasteiger partial charge in [0.25, 0.3) is 5.91 Å². The molecule has 1 unspecified atom stereocenters.